The smallest absolute Gasteiger partial charge is 0.294 e. The van der Waals surface area contributed by atoms with Crippen molar-refractivity contribution in [1.29, 1.82) is 0 Å². The van der Waals surface area contributed by atoms with Crippen molar-refractivity contribution in [3.8, 4) is 11.7 Å². The van der Waals surface area contributed by atoms with Crippen molar-refractivity contribution in [2.75, 3.05) is 11.4 Å². The zero-order valence-electron chi connectivity index (χ0n) is 18.6. The van der Waals surface area contributed by atoms with Crippen LogP contribution in [0.5, 0.6) is 0 Å². The summed E-state index contributed by atoms with van der Waals surface area (Å²) in [4.78, 5) is 42.5. The van der Waals surface area contributed by atoms with E-state index >= 15 is 0 Å². The van der Waals surface area contributed by atoms with Crippen LogP contribution < -0.4 is 15.8 Å². The van der Waals surface area contributed by atoms with Crippen molar-refractivity contribution in [3.63, 3.8) is 0 Å². The number of benzene rings is 1. The summed E-state index contributed by atoms with van der Waals surface area (Å²) in [6.45, 7) is 2.91. The van der Waals surface area contributed by atoms with Gasteiger partial charge < -0.3 is 14.7 Å². The highest BCUT2D eigenvalue weighted by molar-refractivity contribution is 7.21. The fourth-order valence-corrected chi connectivity index (χ4v) is 5.39. The van der Waals surface area contributed by atoms with Gasteiger partial charge in [0, 0.05) is 19.1 Å². The number of nitrogens with zero attached hydrogens (tertiary/aromatic N) is 6. The lowest BCUT2D eigenvalue weighted by molar-refractivity contribution is -0.122. The summed E-state index contributed by atoms with van der Waals surface area (Å²) in [5.74, 6) is 1.07. The van der Waals surface area contributed by atoms with Gasteiger partial charge in [0.25, 0.3) is 11.4 Å². The van der Waals surface area contributed by atoms with Crippen LogP contribution in [-0.2, 0) is 11.3 Å². The molecule has 1 N–H and O–H groups in total. The molecule has 34 heavy (non-hydrogen) atoms. The van der Waals surface area contributed by atoms with E-state index in [1.165, 1.54) is 11.3 Å². The highest BCUT2D eigenvalue weighted by Gasteiger charge is 2.35. The van der Waals surface area contributed by atoms with Crippen molar-refractivity contribution in [3.05, 3.63) is 52.1 Å². The van der Waals surface area contributed by atoms with E-state index in [-0.39, 0.29) is 29.4 Å². The van der Waals surface area contributed by atoms with E-state index in [4.69, 9.17) is 9.51 Å². The van der Waals surface area contributed by atoms with Crippen LogP contribution in [0.15, 0.2) is 39.6 Å². The molecule has 0 radical (unpaired) electrons. The Balaban J connectivity index is 1.32. The zero-order valence-corrected chi connectivity index (χ0v) is 19.4. The average molecular weight is 478 g/mol. The number of hydrogen-bond acceptors (Lipinski definition) is 9. The SMILES string of the molecule is Cc1noc(-c2nc3sc(N4CCC[C@@H]4C(=O)NCc4ccccc4)nc3c(=O)n2C2CC2)n1. The van der Waals surface area contributed by atoms with Crippen LogP contribution in [0.1, 0.15) is 43.1 Å². The topological polar surface area (TPSA) is 119 Å². The number of rotatable bonds is 6. The highest BCUT2D eigenvalue weighted by Crippen LogP contribution is 2.38. The van der Waals surface area contributed by atoms with E-state index in [9.17, 15) is 9.59 Å². The van der Waals surface area contributed by atoms with Crippen molar-refractivity contribution >= 4 is 32.7 Å². The Morgan fingerprint density at radius 1 is 1.18 bits per heavy atom. The number of aromatic nitrogens is 5. The molecule has 1 amide bonds. The number of anilines is 1. The standard InChI is InChI=1S/C23H23N7O3S/c1-13-25-20(33-28-13)18-27-21-17(22(32)30(18)15-9-10-15)26-23(34-21)29-11-5-8-16(29)19(31)24-12-14-6-3-2-4-7-14/h2-4,6-7,15-16H,5,8-12H2,1H3,(H,24,31)/t16-/m1/s1. The number of thiazole rings is 1. The summed E-state index contributed by atoms with van der Waals surface area (Å²) >= 11 is 1.32. The van der Waals surface area contributed by atoms with E-state index < -0.39 is 0 Å². The first-order valence-corrected chi connectivity index (χ1v) is 12.2. The molecule has 2 fully saturated rings. The molecule has 1 aliphatic carbocycles. The largest absolute Gasteiger partial charge is 0.350 e. The second-order valence-corrected chi connectivity index (χ2v) is 9.65. The van der Waals surface area contributed by atoms with Gasteiger partial charge in [-0.25, -0.2) is 9.97 Å². The monoisotopic (exact) mass is 477 g/mol. The minimum atomic E-state index is -0.326. The molecule has 2 aliphatic rings. The number of nitrogens with one attached hydrogen (secondary N) is 1. The molecule has 4 heterocycles. The molecule has 1 atom stereocenters. The van der Waals surface area contributed by atoms with Gasteiger partial charge in [0.1, 0.15) is 6.04 Å². The van der Waals surface area contributed by atoms with Crippen LogP contribution in [0.25, 0.3) is 22.1 Å². The first-order valence-electron chi connectivity index (χ1n) is 11.4. The van der Waals surface area contributed by atoms with Crippen LogP contribution in [0.4, 0.5) is 5.13 Å². The first kappa shape index (κ1) is 21.0. The summed E-state index contributed by atoms with van der Waals surface area (Å²) in [6.07, 6.45) is 3.42. The molecule has 1 aliphatic heterocycles. The lowest BCUT2D eigenvalue weighted by atomic mass is 10.2. The molecule has 10 nitrogen and oxygen atoms in total. The maximum atomic E-state index is 13.4. The summed E-state index contributed by atoms with van der Waals surface area (Å²) in [5.41, 5.74) is 1.17. The van der Waals surface area contributed by atoms with Crippen LogP contribution >= 0.6 is 11.3 Å². The second-order valence-electron chi connectivity index (χ2n) is 8.69. The number of carbonyl (C=O) groups excluding carboxylic acids is 1. The number of amides is 1. The van der Waals surface area contributed by atoms with E-state index in [1.807, 2.05) is 35.2 Å². The molecule has 174 valence electrons. The van der Waals surface area contributed by atoms with E-state index in [1.54, 1.807) is 11.5 Å². The van der Waals surface area contributed by atoms with Crippen molar-refractivity contribution in [2.24, 2.45) is 0 Å². The normalized spacial score (nSPS) is 18.0. The Hall–Kier alpha value is -3.60. The fraction of sp³-hybridized carbons (Fsp3) is 0.391. The lowest BCUT2D eigenvalue weighted by Crippen LogP contribution is -2.43. The van der Waals surface area contributed by atoms with Gasteiger partial charge in [-0.15, -0.1) is 0 Å². The first-order chi connectivity index (χ1) is 16.6. The summed E-state index contributed by atoms with van der Waals surface area (Å²) in [6, 6.07) is 9.57. The maximum Gasteiger partial charge on any atom is 0.294 e. The quantitative estimate of drug-likeness (QED) is 0.450. The second kappa shape index (κ2) is 8.32. The molecular weight excluding hydrogens is 454 g/mol. The molecule has 1 saturated carbocycles. The minimum Gasteiger partial charge on any atom is -0.350 e. The van der Waals surface area contributed by atoms with Gasteiger partial charge in [-0.1, -0.05) is 46.8 Å². The summed E-state index contributed by atoms with van der Waals surface area (Å²) in [5, 5.41) is 7.53. The Kier molecular flexibility index (Phi) is 5.13. The Morgan fingerprint density at radius 3 is 2.74 bits per heavy atom. The zero-order chi connectivity index (χ0) is 23.2. The number of carbonyl (C=O) groups is 1. The number of fused-ring (bicyclic) bond motifs is 1. The van der Waals surface area contributed by atoms with Gasteiger partial charge in [0.2, 0.25) is 11.7 Å². The minimum absolute atomic E-state index is 0.0361. The highest BCUT2D eigenvalue weighted by atomic mass is 32.1. The molecule has 3 aromatic heterocycles. The maximum absolute atomic E-state index is 13.4. The van der Waals surface area contributed by atoms with Crippen molar-refractivity contribution in [1.82, 2.24) is 30.0 Å². The molecule has 1 aromatic carbocycles. The summed E-state index contributed by atoms with van der Waals surface area (Å²) in [7, 11) is 0. The molecule has 1 saturated heterocycles. The molecule has 6 rings (SSSR count). The lowest BCUT2D eigenvalue weighted by Gasteiger charge is -2.23. The predicted molar refractivity (Wildman–Crippen MR) is 127 cm³/mol. The Morgan fingerprint density at radius 2 is 2.00 bits per heavy atom. The van der Waals surface area contributed by atoms with Gasteiger partial charge in [-0.3, -0.25) is 14.2 Å². The van der Waals surface area contributed by atoms with Crippen molar-refractivity contribution < 1.29 is 9.32 Å². The molecular formula is C23H23N7O3S. The third kappa shape index (κ3) is 3.75. The third-order valence-electron chi connectivity index (χ3n) is 6.20. The van der Waals surface area contributed by atoms with E-state index in [0.29, 0.717) is 40.2 Å². The molecule has 11 heteroatoms. The summed E-state index contributed by atoms with van der Waals surface area (Å²) < 4.78 is 6.96. The predicted octanol–water partition coefficient (Wildman–Crippen LogP) is 2.83. The fourth-order valence-electron chi connectivity index (χ4n) is 4.38. The van der Waals surface area contributed by atoms with E-state index in [0.717, 1.165) is 31.2 Å². The molecule has 0 bridgehead atoms. The van der Waals surface area contributed by atoms with Gasteiger partial charge in [0.05, 0.1) is 0 Å². The molecule has 0 spiro atoms. The van der Waals surface area contributed by atoms with Crippen LogP contribution in [0, 0.1) is 6.92 Å². The van der Waals surface area contributed by atoms with E-state index in [2.05, 4.69) is 20.4 Å². The molecule has 0 unspecified atom stereocenters. The van der Waals surface area contributed by atoms with Crippen LogP contribution in [-0.4, -0.2) is 43.2 Å². The Labute approximate surface area is 198 Å². The van der Waals surface area contributed by atoms with Crippen LogP contribution in [0.3, 0.4) is 0 Å². The van der Waals surface area contributed by atoms with Gasteiger partial charge in [-0.2, -0.15) is 4.98 Å². The average Bonchev–Trinajstić information content (AvgIpc) is 3.23. The Bertz CT molecular complexity index is 1420. The number of hydrogen-bond donors (Lipinski definition) is 1. The molecule has 4 aromatic rings. The number of aryl methyl sites for hydroxylation is 1. The van der Waals surface area contributed by atoms with Crippen LogP contribution in [0.2, 0.25) is 0 Å². The van der Waals surface area contributed by atoms with Gasteiger partial charge in [0.15, 0.2) is 21.3 Å². The van der Waals surface area contributed by atoms with Gasteiger partial charge in [-0.05, 0) is 38.2 Å². The van der Waals surface area contributed by atoms with Crippen molar-refractivity contribution in [2.45, 2.75) is 51.2 Å². The van der Waals surface area contributed by atoms with Gasteiger partial charge >= 0.3 is 0 Å². The third-order valence-corrected chi connectivity index (χ3v) is 7.18.